The van der Waals surface area contributed by atoms with Crippen molar-refractivity contribution in [1.82, 2.24) is 9.55 Å². The predicted octanol–water partition coefficient (Wildman–Crippen LogP) is 18.2. The molecule has 0 amide bonds. The summed E-state index contributed by atoms with van der Waals surface area (Å²) in [4.78, 5) is 9.48. The number of pyridine rings is 1. The fraction of sp³-hybridized carbons (Fsp3) is 0.194. The fourth-order valence-corrected chi connectivity index (χ4v) is 9.89. The maximum absolute atomic E-state index is 8.68. The summed E-state index contributed by atoms with van der Waals surface area (Å²) in [5, 5.41) is 1.93. The summed E-state index contributed by atoms with van der Waals surface area (Å²) >= 11 is 0. The number of aromatic nitrogens is 2. The largest absolute Gasteiger partial charge is 0.509 e. The third kappa shape index (κ3) is 9.41. The van der Waals surface area contributed by atoms with Crippen LogP contribution < -0.4 is 14.5 Å². The van der Waals surface area contributed by atoms with Crippen molar-refractivity contribution < 1.29 is 29.9 Å². The quantitative estimate of drug-likeness (QED) is 0.142. The van der Waals surface area contributed by atoms with Crippen LogP contribution in [0.25, 0.3) is 61.0 Å². The van der Waals surface area contributed by atoms with Gasteiger partial charge in [0.2, 0.25) is 0 Å². The molecule has 10 aromatic rings. The second kappa shape index (κ2) is 19.0. The second-order valence-corrected chi connectivity index (χ2v) is 22.1. The van der Waals surface area contributed by atoms with Crippen molar-refractivity contribution in [2.24, 2.45) is 0 Å². The molecule has 8 aromatic carbocycles. The molecular formula is C67H61N4OPt-3. The summed E-state index contributed by atoms with van der Waals surface area (Å²) in [5.74, 6) is 1.47. The molecule has 5 nitrogen and oxygen atoms in total. The number of hydrogen-bond acceptors (Lipinski definition) is 4. The molecule has 6 heteroatoms. The number of fused-ring (bicyclic) bond motifs is 4. The van der Waals surface area contributed by atoms with Gasteiger partial charge in [0.05, 0.1) is 0 Å². The van der Waals surface area contributed by atoms with Gasteiger partial charge in [0.25, 0.3) is 0 Å². The van der Waals surface area contributed by atoms with Gasteiger partial charge in [-0.1, -0.05) is 189 Å². The summed E-state index contributed by atoms with van der Waals surface area (Å²) < 4.78 is 34.7. The van der Waals surface area contributed by atoms with E-state index in [4.69, 9.17) is 13.8 Å². The van der Waals surface area contributed by atoms with Gasteiger partial charge in [-0.2, -0.15) is 12.1 Å². The molecule has 11 rings (SSSR count). The van der Waals surface area contributed by atoms with Crippen LogP contribution in [-0.4, -0.2) is 9.55 Å². The average Bonchev–Trinajstić information content (AvgIpc) is 3.94. The number of rotatable bonds is 8. The molecule has 0 saturated heterocycles. The van der Waals surface area contributed by atoms with Gasteiger partial charge in [-0.25, -0.2) is 4.98 Å². The van der Waals surface area contributed by atoms with Crippen LogP contribution in [0.1, 0.15) is 88.7 Å². The molecule has 2 aromatic heterocycles. The van der Waals surface area contributed by atoms with Crippen LogP contribution in [0.3, 0.4) is 0 Å². The van der Waals surface area contributed by atoms with Crippen molar-refractivity contribution in [1.29, 1.82) is 0 Å². The Labute approximate surface area is 450 Å². The van der Waals surface area contributed by atoms with E-state index in [2.05, 4.69) is 206 Å². The van der Waals surface area contributed by atoms with Crippen LogP contribution >= 0.6 is 0 Å². The molecular weight excluding hydrogens is 1070 g/mol. The zero-order valence-corrected chi connectivity index (χ0v) is 45.2. The molecule has 0 aliphatic carbocycles. The van der Waals surface area contributed by atoms with E-state index in [1.165, 1.54) is 22.3 Å². The van der Waals surface area contributed by atoms with Gasteiger partial charge in [-0.15, -0.1) is 48.1 Å². The van der Waals surface area contributed by atoms with Gasteiger partial charge in [-0.05, 0) is 91.7 Å². The first kappa shape index (κ1) is 45.6. The van der Waals surface area contributed by atoms with Gasteiger partial charge >= 0.3 is 0 Å². The molecule has 0 atom stereocenters. The Morgan fingerprint density at radius 3 is 1.79 bits per heavy atom. The zero-order valence-electron chi connectivity index (χ0n) is 45.9. The van der Waals surface area contributed by atoms with Crippen LogP contribution in [0.4, 0.5) is 22.7 Å². The van der Waals surface area contributed by atoms with Crippen molar-refractivity contribution in [3.05, 3.63) is 223 Å². The Bertz CT molecular complexity index is 3750. The molecule has 0 unspecified atom stereocenters. The zero-order chi connectivity index (χ0) is 52.6. The number of aryl methyl sites for hydroxylation is 1. The number of hydrogen-bond donors (Lipinski definition) is 0. The fourth-order valence-electron chi connectivity index (χ4n) is 9.89. The van der Waals surface area contributed by atoms with E-state index >= 15 is 0 Å². The van der Waals surface area contributed by atoms with E-state index in [9.17, 15) is 0 Å². The minimum atomic E-state index is -2.40. The van der Waals surface area contributed by atoms with E-state index in [-0.39, 0.29) is 42.9 Å². The Morgan fingerprint density at radius 1 is 0.507 bits per heavy atom. The van der Waals surface area contributed by atoms with Crippen LogP contribution in [-0.2, 0) is 37.3 Å². The van der Waals surface area contributed by atoms with Crippen LogP contribution in [0.15, 0.2) is 182 Å². The molecule has 73 heavy (non-hydrogen) atoms. The maximum Gasteiger partial charge on any atom is 0.135 e. The molecule has 0 spiro atoms. The predicted molar refractivity (Wildman–Crippen MR) is 301 cm³/mol. The number of ether oxygens (including phenoxy) is 1. The van der Waals surface area contributed by atoms with E-state index < -0.39 is 6.85 Å². The van der Waals surface area contributed by atoms with Crippen LogP contribution in [0.2, 0.25) is 0 Å². The molecule has 0 fully saturated rings. The third-order valence-electron chi connectivity index (χ3n) is 13.9. The minimum Gasteiger partial charge on any atom is -0.509 e. The summed E-state index contributed by atoms with van der Waals surface area (Å²) in [7, 11) is 0. The van der Waals surface area contributed by atoms with E-state index in [0.29, 0.717) is 28.4 Å². The van der Waals surface area contributed by atoms with E-state index in [1.807, 2.05) is 59.2 Å². The van der Waals surface area contributed by atoms with Gasteiger partial charge < -0.3 is 19.1 Å². The minimum absolute atomic E-state index is 0. The number of benzene rings is 8. The Kier molecular flexibility index (Phi) is 11.9. The first-order valence-electron chi connectivity index (χ1n) is 26.4. The van der Waals surface area contributed by atoms with E-state index in [1.54, 1.807) is 12.3 Å². The van der Waals surface area contributed by atoms with Crippen LogP contribution in [0, 0.1) is 25.7 Å². The number of anilines is 4. The number of para-hydroxylation sites is 4. The summed E-state index contributed by atoms with van der Waals surface area (Å²) in [6.45, 7) is 20.0. The molecule has 368 valence electrons. The number of nitrogens with zero attached hydrogens (tertiary/aromatic N) is 4. The first-order valence-corrected chi connectivity index (χ1v) is 24.9. The standard InChI is InChI=1S/C67H61N4O.Pt/c1-44-36-63(68-42-58(44)46-30-32-48(33-31-46)65(2,3)4)71-59-27-15-14-24-56(59)57-35-34-53(41-62(57)71)72-52-23-18-22-51(40-52)69-43-70(61-29-17-16-28-60(61)69)64-54(45-20-12-11-13-21-45)25-19-26-55(64)47-37-49(66(5,6)7)39-50(38-47)67(8,9)10;/h11-39,42-43H,1-10H3;/q-3;/i1D3;. The average molecular weight is 1140 g/mol. The van der Waals surface area contributed by atoms with Gasteiger partial charge in [0.15, 0.2) is 0 Å². The Hall–Kier alpha value is -7.20. The molecule has 1 aliphatic rings. The van der Waals surface area contributed by atoms with E-state index in [0.717, 1.165) is 61.3 Å². The summed E-state index contributed by atoms with van der Waals surface area (Å²) in [5.41, 5.74) is 15.3. The van der Waals surface area contributed by atoms with Crippen LogP contribution in [0.5, 0.6) is 11.5 Å². The summed E-state index contributed by atoms with van der Waals surface area (Å²) in [6, 6.07) is 67.9. The van der Waals surface area contributed by atoms with Crippen molar-refractivity contribution in [2.75, 3.05) is 9.80 Å². The SMILES string of the molecule is [2H]C([2H])([2H])c1cc(-n2c3[c-]c(Oc4[c-]c(N5[CH-]N(c6c(-c7ccccc7)cccc6-c6cc(C(C)(C)C)cc(C(C)(C)C)c6)c6ccccc65)ccc4)ccc3c3ccccc32)ncc1-c1ccc(C(C)(C)C)cc1.[Pt]. The second-order valence-electron chi connectivity index (χ2n) is 22.1. The smallest absolute Gasteiger partial charge is 0.135 e. The molecule has 0 bridgehead atoms. The Morgan fingerprint density at radius 2 is 1.11 bits per heavy atom. The third-order valence-corrected chi connectivity index (χ3v) is 13.9. The van der Waals surface area contributed by atoms with Gasteiger partial charge in [-0.3, -0.25) is 0 Å². The van der Waals surface area contributed by atoms with Crippen molar-refractivity contribution in [3.8, 4) is 50.7 Å². The topological polar surface area (TPSA) is 33.5 Å². The van der Waals surface area contributed by atoms with Gasteiger partial charge in [0.1, 0.15) is 5.82 Å². The first-order chi connectivity index (χ1) is 35.7. The van der Waals surface area contributed by atoms with Gasteiger partial charge in [0, 0.05) is 82.1 Å². The molecule has 1 aliphatic heterocycles. The van der Waals surface area contributed by atoms with Crippen molar-refractivity contribution >= 4 is 44.6 Å². The normalized spacial score (nSPS) is 13.6. The van der Waals surface area contributed by atoms with Crippen molar-refractivity contribution in [2.45, 2.75) is 85.4 Å². The monoisotopic (exact) mass is 1140 g/mol. The molecule has 0 radical (unpaired) electrons. The molecule has 0 N–H and O–H groups in total. The molecule has 0 saturated carbocycles. The maximum atomic E-state index is 8.68. The summed E-state index contributed by atoms with van der Waals surface area (Å²) in [6.07, 6.45) is 1.69. The Balaban J connectivity index is 0.00000657. The van der Waals surface area contributed by atoms with Crippen molar-refractivity contribution in [3.63, 3.8) is 0 Å². The molecule has 3 heterocycles.